The number of pyridine rings is 1. The number of halogens is 3. The van der Waals surface area contributed by atoms with Gasteiger partial charge >= 0.3 is 12.6 Å². The molecule has 7 nitrogen and oxygen atoms in total. The van der Waals surface area contributed by atoms with Crippen molar-refractivity contribution in [3.05, 3.63) is 45.8 Å². The predicted molar refractivity (Wildman–Crippen MR) is 132 cm³/mol. The zero-order valence-corrected chi connectivity index (χ0v) is 21.9. The summed E-state index contributed by atoms with van der Waals surface area (Å²) in [6, 6.07) is 4.31. The minimum absolute atomic E-state index is 0.152. The molecule has 0 amide bonds. The summed E-state index contributed by atoms with van der Waals surface area (Å²) in [4.78, 5) is 26.4. The van der Waals surface area contributed by atoms with Crippen LogP contribution in [0.15, 0.2) is 35.3 Å². The summed E-state index contributed by atoms with van der Waals surface area (Å²) >= 11 is 6.09. The molecule has 0 N–H and O–H groups in total. The summed E-state index contributed by atoms with van der Waals surface area (Å²) in [5.74, 6) is -0.599. The van der Waals surface area contributed by atoms with Gasteiger partial charge in [-0.15, -0.1) is 0 Å². The molecule has 198 valence electrons. The number of aromatic nitrogens is 1. The lowest BCUT2D eigenvalue weighted by atomic mass is 9.82. The van der Waals surface area contributed by atoms with E-state index in [0.29, 0.717) is 0 Å². The van der Waals surface area contributed by atoms with Gasteiger partial charge in [0.2, 0.25) is 0 Å². The molecule has 1 aliphatic rings. The van der Waals surface area contributed by atoms with Gasteiger partial charge in [-0.1, -0.05) is 11.6 Å². The lowest BCUT2D eigenvalue weighted by Crippen LogP contribution is -2.39. The van der Waals surface area contributed by atoms with E-state index in [9.17, 15) is 18.4 Å². The van der Waals surface area contributed by atoms with Gasteiger partial charge in [-0.25, -0.2) is 4.79 Å². The molecule has 1 aromatic heterocycles. The molecule has 1 aromatic carbocycles. The van der Waals surface area contributed by atoms with Crippen LogP contribution in [0.4, 0.5) is 8.78 Å². The van der Waals surface area contributed by atoms with E-state index in [-0.39, 0.29) is 46.3 Å². The maximum atomic E-state index is 13.3. The number of benzene rings is 1. The van der Waals surface area contributed by atoms with Crippen molar-refractivity contribution < 1.29 is 32.5 Å². The average Bonchev–Trinajstić information content (AvgIpc) is 2.75. The van der Waals surface area contributed by atoms with Gasteiger partial charge in [0.25, 0.3) is 5.56 Å². The molecular formula is C26H32ClF2NO6. The third-order valence-electron chi connectivity index (χ3n) is 5.98. The number of alkyl halides is 2. The number of esters is 1. The largest absolute Gasteiger partial charge is 0.495 e. The molecule has 0 radical (unpaired) electrons. The Kier molecular flexibility index (Phi) is 8.67. The lowest BCUT2D eigenvalue weighted by Gasteiger charge is -2.38. The fourth-order valence-electron chi connectivity index (χ4n) is 4.03. The van der Waals surface area contributed by atoms with Crippen molar-refractivity contribution in [2.75, 3.05) is 13.7 Å². The predicted octanol–water partition coefficient (Wildman–Crippen LogP) is 6.01. The Morgan fingerprint density at radius 3 is 2.39 bits per heavy atom. The van der Waals surface area contributed by atoms with E-state index in [1.807, 2.05) is 6.92 Å². The van der Waals surface area contributed by atoms with Crippen LogP contribution in [0.3, 0.4) is 0 Å². The van der Waals surface area contributed by atoms with Gasteiger partial charge in [-0.3, -0.25) is 9.36 Å². The van der Waals surface area contributed by atoms with Crippen LogP contribution in [0, 0.1) is 0 Å². The molecule has 0 aliphatic heterocycles. The molecule has 1 aliphatic carbocycles. The molecule has 1 heterocycles. The standard InChI is InChI=1S/C26H32ClF2NO6/c1-25(2,3)36-23(32)19(9-12-34-26(4)10-6-11-26)30-15-21(33-5)18(14-22(30)31)17-13-16(27)7-8-20(17)35-24(28)29/h7-8,13-15,19,24H,6,9-12H2,1-5H3. The van der Waals surface area contributed by atoms with Gasteiger partial charge in [0.05, 0.1) is 18.9 Å². The number of carbonyl (C=O) groups excluding carboxylic acids is 1. The molecular weight excluding hydrogens is 496 g/mol. The minimum atomic E-state index is -3.08. The molecule has 10 heteroatoms. The highest BCUT2D eigenvalue weighted by Gasteiger charge is 2.34. The maximum absolute atomic E-state index is 13.3. The van der Waals surface area contributed by atoms with E-state index in [4.69, 9.17) is 25.8 Å². The Balaban J connectivity index is 2.02. The third kappa shape index (κ3) is 6.97. The number of hydrogen-bond donors (Lipinski definition) is 0. The SMILES string of the molecule is COc1cn(C(CCOC2(C)CCC2)C(=O)OC(C)(C)C)c(=O)cc1-c1cc(Cl)ccc1OC(F)F. The lowest BCUT2D eigenvalue weighted by molar-refractivity contribution is -0.161. The van der Waals surface area contributed by atoms with Gasteiger partial charge in [0.1, 0.15) is 23.1 Å². The minimum Gasteiger partial charge on any atom is -0.495 e. The summed E-state index contributed by atoms with van der Waals surface area (Å²) in [5.41, 5.74) is -1.21. The summed E-state index contributed by atoms with van der Waals surface area (Å²) in [5, 5.41) is 0.256. The summed E-state index contributed by atoms with van der Waals surface area (Å²) < 4.78 is 48.9. The third-order valence-corrected chi connectivity index (χ3v) is 6.21. The Bertz CT molecular complexity index is 1140. The van der Waals surface area contributed by atoms with Crippen molar-refractivity contribution in [1.82, 2.24) is 4.57 Å². The van der Waals surface area contributed by atoms with E-state index in [1.54, 1.807) is 20.8 Å². The monoisotopic (exact) mass is 527 g/mol. The van der Waals surface area contributed by atoms with Crippen molar-refractivity contribution in [2.24, 2.45) is 0 Å². The molecule has 1 fully saturated rings. The molecule has 0 spiro atoms. The Morgan fingerprint density at radius 1 is 1.17 bits per heavy atom. The maximum Gasteiger partial charge on any atom is 0.387 e. The van der Waals surface area contributed by atoms with Gasteiger partial charge in [0.15, 0.2) is 0 Å². The van der Waals surface area contributed by atoms with Crippen LogP contribution >= 0.6 is 11.6 Å². The Labute approximate surface area is 214 Å². The first kappa shape index (κ1) is 27.9. The normalized spacial score (nSPS) is 15.8. The van der Waals surface area contributed by atoms with Gasteiger partial charge in [-0.2, -0.15) is 8.78 Å². The van der Waals surface area contributed by atoms with Crippen LogP contribution in [0.2, 0.25) is 5.02 Å². The zero-order chi connectivity index (χ0) is 26.7. The van der Waals surface area contributed by atoms with Crippen molar-refractivity contribution in [1.29, 1.82) is 0 Å². The first-order valence-corrected chi connectivity index (χ1v) is 12.1. The van der Waals surface area contributed by atoms with Crippen molar-refractivity contribution >= 4 is 17.6 Å². The van der Waals surface area contributed by atoms with Crippen molar-refractivity contribution in [3.8, 4) is 22.6 Å². The van der Waals surface area contributed by atoms with Gasteiger partial charge in [-0.05, 0) is 65.2 Å². The van der Waals surface area contributed by atoms with Crippen LogP contribution in [0.5, 0.6) is 11.5 Å². The molecule has 3 rings (SSSR count). The Morgan fingerprint density at radius 2 is 1.83 bits per heavy atom. The first-order chi connectivity index (χ1) is 16.8. The van der Waals surface area contributed by atoms with Crippen LogP contribution < -0.4 is 15.0 Å². The average molecular weight is 528 g/mol. The van der Waals surface area contributed by atoms with Crippen molar-refractivity contribution in [3.63, 3.8) is 0 Å². The number of carbonyl (C=O) groups is 1. The molecule has 2 aromatic rings. The van der Waals surface area contributed by atoms with Crippen LogP contribution in [-0.4, -0.2) is 42.1 Å². The molecule has 0 saturated heterocycles. The number of rotatable bonds is 10. The molecule has 1 atom stereocenters. The van der Waals surface area contributed by atoms with E-state index in [1.165, 1.54) is 42.1 Å². The molecule has 1 saturated carbocycles. The number of methoxy groups -OCH3 is 1. The smallest absolute Gasteiger partial charge is 0.387 e. The molecule has 1 unspecified atom stereocenters. The number of hydrogen-bond acceptors (Lipinski definition) is 6. The van der Waals surface area contributed by atoms with Gasteiger partial charge in [0, 0.05) is 35.2 Å². The quantitative estimate of drug-likeness (QED) is 0.352. The fraction of sp³-hybridized carbons (Fsp3) is 0.538. The van der Waals surface area contributed by atoms with E-state index >= 15 is 0 Å². The van der Waals surface area contributed by atoms with E-state index in [2.05, 4.69) is 4.74 Å². The molecule has 36 heavy (non-hydrogen) atoms. The summed E-state index contributed by atoms with van der Waals surface area (Å²) in [6.07, 6.45) is 4.53. The van der Waals surface area contributed by atoms with E-state index < -0.39 is 29.8 Å². The summed E-state index contributed by atoms with van der Waals surface area (Å²) in [7, 11) is 1.37. The number of nitrogens with zero attached hydrogens (tertiary/aromatic N) is 1. The van der Waals surface area contributed by atoms with E-state index in [0.717, 1.165) is 19.3 Å². The number of ether oxygens (including phenoxy) is 4. The van der Waals surface area contributed by atoms with Crippen molar-refractivity contribution in [2.45, 2.75) is 77.2 Å². The Hall–Kier alpha value is -2.65. The fourth-order valence-corrected chi connectivity index (χ4v) is 4.21. The highest BCUT2D eigenvalue weighted by Crippen LogP contribution is 2.39. The van der Waals surface area contributed by atoms with Gasteiger partial charge < -0.3 is 18.9 Å². The first-order valence-electron chi connectivity index (χ1n) is 11.7. The van der Waals surface area contributed by atoms with Crippen LogP contribution in [-0.2, 0) is 14.3 Å². The topological polar surface area (TPSA) is 76.0 Å². The molecule has 0 bridgehead atoms. The van der Waals surface area contributed by atoms with Crippen LogP contribution in [0.25, 0.3) is 11.1 Å². The second-order valence-electron chi connectivity index (χ2n) is 10.0. The second-order valence-corrected chi connectivity index (χ2v) is 10.4. The summed E-state index contributed by atoms with van der Waals surface area (Å²) in [6.45, 7) is 4.41. The highest BCUT2D eigenvalue weighted by atomic mass is 35.5. The highest BCUT2D eigenvalue weighted by molar-refractivity contribution is 6.31. The van der Waals surface area contributed by atoms with Crippen LogP contribution in [0.1, 0.15) is 59.4 Å². The second kappa shape index (κ2) is 11.2. The zero-order valence-electron chi connectivity index (χ0n) is 21.1.